The van der Waals surface area contributed by atoms with Crippen LogP contribution >= 0.6 is 0 Å². The fraction of sp³-hybridized carbons (Fsp3) is 0.333. The largest absolute Gasteiger partial charge is 0.480 e. The minimum Gasteiger partial charge on any atom is -0.480 e. The molecule has 2 aromatic heterocycles. The van der Waals surface area contributed by atoms with Crippen LogP contribution in [0.4, 0.5) is 5.82 Å². The molecule has 3 rings (SSSR count). The third-order valence-electron chi connectivity index (χ3n) is 3.64. The average molecular weight is 300 g/mol. The Morgan fingerprint density at radius 3 is 3.05 bits per heavy atom. The summed E-state index contributed by atoms with van der Waals surface area (Å²) < 4.78 is 1.10. The van der Waals surface area contributed by atoms with E-state index in [1.54, 1.807) is 0 Å². The molecule has 0 spiro atoms. The van der Waals surface area contributed by atoms with Crippen LogP contribution in [0.2, 0.25) is 0 Å². The highest BCUT2D eigenvalue weighted by atomic mass is 16.4. The Morgan fingerprint density at radius 1 is 1.36 bits per heavy atom. The number of rotatable bonds is 5. The van der Waals surface area contributed by atoms with Gasteiger partial charge >= 0.3 is 5.97 Å². The van der Waals surface area contributed by atoms with Crippen LogP contribution in [0.15, 0.2) is 29.3 Å². The van der Waals surface area contributed by atoms with E-state index in [4.69, 9.17) is 5.11 Å². The quantitative estimate of drug-likeness (QED) is 0.848. The van der Waals surface area contributed by atoms with E-state index in [2.05, 4.69) is 21.4 Å². The number of fused-ring (bicyclic) bond motifs is 1. The molecule has 0 aliphatic heterocycles. The maximum Gasteiger partial charge on any atom is 0.323 e. The van der Waals surface area contributed by atoms with Crippen molar-refractivity contribution in [2.24, 2.45) is 0 Å². The Kier molecular flexibility index (Phi) is 3.86. The molecule has 0 atom stereocenters. The third-order valence-corrected chi connectivity index (χ3v) is 3.64. The van der Waals surface area contributed by atoms with Gasteiger partial charge in [0, 0.05) is 18.1 Å². The van der Waals surface area contributed by atoms with Gasteiger partial charge in [-0.15, -0.1) is 0 Å². The fourth-order valence-corrected chi connectivity index (χ4v) is 2.58. The molecule has 114 valence electrons. The molecule has 0 aromatic carbocycles. The van der Waals surface area contributed by atoms with Gasteiger partial charge in [-0.1, -0.05) is 6.07 Å². The van der Waals surface area contributed by atoms with Crippen LogP contribution in [-0.2, 0) is 30.7 Å². The number of aliphatic carboxylic acids is 1. The van der Waals surface area contributed by atoms with E-state index in [9.17, 15) is 9.59 Å². The minimum absolute atomic E-state index is 0.131. The monoisotopic (exact) mass is 300 g/mol. The minimum atomic E-state index is -1.07. The molecule has 0 saturated heterocycles. The molecule has 2 N–H and O–H groups in total. The van der Waals surface area contributed by atoms with Crippen LogP contribution in [0.1, 0.15) is 23.4 Å². The smallest absolute Gasteiger partial charge is 0.323 e. The number of pyridine rings is 1. The zero-order valence-electron chi connectivity index (χ0n) is 12.0. The first-order valence-electron chi connectivity index (χ1n) is 7.12. The van der Waals surface area contributed by atoms with Crippen LogP contribution in [0.3, 0.4) is 0 Å². The highest BCUT2D eigenvalue weighted by Crippen LogP contribution is 2.20. The normalized spacial score (nSPS) is 12.9. The first-order chi connectivity index (χ1) is 10.6. The van der Waals surface area contributed by atoms with Crippen molar-refractivity contribution < 1.29 is 9.90 Å². The lowest BCUT2D eigenvalue weighted by atomic mass is 10.2. The van der Waals surface area contributed by atoms with Gasteiger partial charge in [-0.3, -0.25) is 19.1 Å². The van der Waals surface area contributed by atoms with Gasteiger partial charge in [0.05, 0.1) is 12.2 Å². The molecule has 1 aliphatic rings. The lowest BCUT2D eigenvalue weighted by Crippen LogP contribution is -2.27. The molecule has 0 fully saturated rings. The van der Waals surface area contributed by atoms with Crippen LogP contribution in [0, 0.1) is 0 Å². The van der Waals surface area contributed by atoms with Crippen molar-refractivity contribution in [1.29, 1.82) is 0 Å². The maximum absolute atomic E-state index is 12.1. The summed E-state index contributed by atoms with van der Waals surface area (Å²) in [7, 11) is 0. The first kappa shape index (κ1) is 14.2. The van der Waals surface area contributed by atoms with Gasteiger partial charge in [0.25, 0.3) is 5.56 Å². The number of hydrogen-bond acceptors (Lipinski definition) is 5. The van der Waals surface area contributed by atoms with Crippen LogP contribution in [0.5, 0.6) is 0 Å². The second-order valence-corrected chi connectivity index (χ2v) is 5.22. The zero-order chi connectivity index (χ0) is 15.5. The Hall–Kier alpha value is -2.70. The van der Waals surface area contributed by atoms with Gasteiger partial charge in [0.15, 0.2) is 5.82 Å². The van der Waals surface area contributed by atoms with Crippen molar-refractivity contribution in [2.45, 2.75) is 32.4 Å². The van der Waals surface area contributed by atoms with Crippen molar-refractivity contribution in [3.05, 3.63) is 51.8 Å². The molecule has 0 unspecified atom stereocenters. The van der Waals surface area contributed by atoms with Crippen molar-refractivity contribution in [1.82, 2.24) is 14.5 Å². The summed E-state index contributed by atoms with van der Waals surface area (Å²) >= 11 is 0. The van der Waals surface area contributed by atoms with Gasteiger partial charge in [0.1, 0.15) is 6.54 Å². The highest BCUT2D eigenvalue weighted by Gasteiger charge is 2.13. The van der Waals surface area contributed by atoms with E-state index in [1.807, 2.05) is 6.07 Å². The summed E-state index contributed by atoms with van der Waals surface area (Å²) in [4.78, 5) is 31.3. The van der Waals surface area contributed by atoms with E-state index in [0.717, 1.165) is 35.2 Å². The van der Waals surface area contributed by atoms with Crippen molar-refractivity contribution >= 4 is 11.8 Å². The predicted octanol–water partition coefficient (Wildman–Crippen LogP) is 0.824. The van der Waals surface area contributed by atoms with E-state index in [-0.39, 0.29) is 12.4 Å². The highest BCUT2D eigenvalue weighted by molar-refractivity contribution is 5.66. The molecule has 7 nitrogen and oxygen atoms in total. The van der Waals surface area contributed by atoms with Crippen molar-refractivity contribution in [3.8, 4) is 0 Å². The fourth-order valence-electron chi connectivity index (χ4n) is 2.58. The average Bonchev–Trinajstić information content (AvgIpc) is 2.95. The number of nitrogens with one attached hydrogen (secondary N) is 1. The molecule has 0 amide bonds. The summed E-state index contributed by atoms with van der Waals surface area (Å²) in [5.41, 5.74) is 2.82. The third kappa shape index (κ3) is 2.98. The topological polar surface area (TPSA) is 97.1 Å². The van der Waals surface area contributed by atoms with E-state index in [1.165, 1.54) is 18.0 Å². The van der Waals surface area contributed by atoms with E-state index < -0.39 is 11.5 Å². The van der Waals surface area contributed by atoms with Crippen LogP contribution < -0.4 is 10.9 Å². The number of aryl methyl sites for hydroxylation is 2. The molecule has 22 heavy (non-hydrogen) atoms. The van der Waals surface area contributed by atoms with E-state index in [0.29, 0.717) is 6.54 Å². The van der Waals surface area contributed by atoms with Crippen LogP contribution in [-0.4, -0.2) is 25.6 Å². The molecule has 1 aliphatic carbocycles. The number of carbonyl (C=O) groups is 1. The molecular weight excluding hydrogens is 284 g/mol. The number of aromatic nitrogens is 3. The number of hydrogen-bond donors (Lipinski definition) is 2. The Bertz CT molecular complexity index is 770. The standard InChI is InChI=1S/C15H16N4O3/c20-13(21)9-19-7-6-16-14(15(19)22)17-8-11-5-4-10-2-1-3-12(10)18-11/h4-7H,1-3,8-9H2,(H,16,17)(H,20,21). The molecule has 0 saturated carbocycles. The summed E-state index contributed by atoms with van der Waals surface area (Å²) in [6.45, 7) is -0.000265. The van der Waals surface area contributed by atoms with Crippen molar-refractivity contribution in [3.63, 3.8) is 0 Å². The zero-order valence-corrected chi connectivity index (χ0v) is 12.0. The van der Waals surface area contributed by atoms with Gasteiger partial charge in [-0.05, 0) is 30.9 Å². The molecule has 2 heterocycles. The summed E-state index contributed by atoms with van der Waals surface area (Å²) in [5, 5.41) is 11.7. The summed E-state index contributed by atoms with van der Waals surface area (Å²) in [5.74, 6) is -0.939. The number of anilines is 1. The molecule has 0 radical (unpaired) electrons. The van der Waals surface area contributed by atoms with Gasteiger partial charge < -0.3 is 10.4 Å². The number of carboxylic acids is 1. The second-order valence-electron chi connectivity index (χ2n) is 5.22. The lowest BCUT2D eigenvalue weighted by Gasteiger charge is -2.08. The molecule has 7 heteroatoms. The van der Waals surface area contributed by atoms with Gasteiger partial charge in [0.2, 0.25) is 0 Å². The maximum atomic E-state index is 12.1. The predicted molar refractivity (Wildman–Crippen MR) is 79.7 cm³/mol. The molecule has 2 aromatic rings. The van der Waals surface area contributed by atoms with Crippen molar-refractivity contribution in [2.75, 3.05) is 5.32 Å². The summed E-state index contributed by atoms with van der Waals surface area (Å²) in [6.07, 6.45) is 5.98. The lowest BCUT2D eigenvalue weighted by molar-refractivity contribution is -0.137. The second kappa shape index (κ2) is 5.97. The Balaban J connectivity index is 1.74. The van der Waals surface area contributed by atoms with Gasteiger partial charge in [-0.2, -0.15) is 0 Å². The SMILES string of the molecule is O=C(O)Cn1ccnc(NCc2ccc3c(n2)CCC3)c1=O. The molecule has 0 bridgehead atoms. The Labute approximate surface area is 126 Å². The number of nitrogens with zero attached hydrogens (tertiary/aromatic N) is 3. The first-order valence-corrected chi connectivity index (χ1v) is 7.12. The van der Waals surface area contributed by atoms with Gasteiger partial charge in [-0.25, -0.2) is 4.98 Å². The van der Waals surface area contributed by atoms with Crippen LogP contribution in [0.25, 0.3) is 0 Å². The molecular formula is C15H16N4O3. The number of carboxylic acid groups (broad SMARTS) is 1. The van der Waals surface area contributed by atoms with E-state index >= 15 is 0 Å². The summed E-state index contributed by atoms with van der Waals surface area (Å²) in [6, 6.07) is 4.02. The Morgan fingerprint density at radius 2 is 2.23 bits per heavy atom.